The quantitative estimate of drug-likeness (QED) is 0.210. The maximum Gasteiger partial charge on any atom is 0.269 e. The van der Waals surface area contributed by atoms with Crippen molar-refractivity contribution in [3.8, 4) is 0 Å². The van der Waals surface area contributed by atoms with Crippen molar-refractivity contribution in [2.45, 2.75) is 19.4 Å². The van der Waals surface area contributed by atoms with Gasteiger partial charge in [-0.05, 0) is 18.4 Å². The highest BCUT2D eigenvalue weighted by molar-refractivity contribution is 14.0. The van der Waals surface area contributed by atoms with Crippen molar-refractivity contribution in [2.75, 3.05) is 52.9 Å². The molecule has 0 saturated carbocycles. The second kappa shape index (κ2) is 11.3. The van der Waals surface area contributed by atoms with Crippen molar-refractivity contribution < 1.29 is 9.72 Å². The number of amides is 1. The van der Waals surface area contributed by atoms with E-state index in [1.54, 1.807) is 19.2 Å². The summed E-state index contributed by atoms with van der Waals surface area (Å²) in [6, 6.07) is 6.52. The summed E-state index contributed by atoms with van der Waals surface area (Å²) in [5.74, 6) is 1.05. The van der Waals surface area contributed by atoms with E-state index in [-0.39, 0.29) is 35.6 Å². The maximum atomic E-state index is 12.3. The third-order valence-corrected chi connectivity index (χ3v) is 5.30. The van der Waals surface area contributed by atoms with Crippen LogP contribution >= 0.6 is 24.0 Å². The van der Waals surface area contributed by atoms with E-state index in [1.165, 1.54) is 12.1 Å². The second-order valence-corrected chi connectivity index (χ2v) is 7.18. The first-order valence-corrected chi connectivity index (χ1v) is 9.76. The van der Waals surface area contributed by atoms with Crippen LogP contribution in [0.5, 0.6) is 0 Å². The van der Waals surface area contributed by atoms with E-state index in [4.69, 9.17) is 0 Å². The van der Waals surface area contributed by atoms with Gasteiger partial charge in [0, 0.05) is 65.0 Å². The van der Waals surface area contributed by atoms with Gasteiger partial charge in [0.15, 0.2) is 5.96 Å². The van der Waals surface area contributed by atoms with Crippen molar-refractivity contribution in [1.29, 1.82) is 0 Å². The molecule has 0 radical (unpaired) electrons. The number of likely N-dealkylation sites (tertiary alicyclic amines) is 1. The standard InChI is InChI=1S/C19H28N6O3.HI/c1-20-19(21-14-16-4-6-17(7-5-16)25(27)28)24-12-10-22(11-13-24)15-18(26)23-8-2-3-9-23;/h4-7H,2-3,8-15H2,1H3,(H,20,21);1H. The van der Waals surface area contributed by atoms with Gasteiger partial charge in [-0.2, -0.15) is 0 Å². The van der Waals surface area contributed by atoms with E-state index in [9.17, 15) is 14.9 Å². The molecule has 1 aromatic rings. The highest BCUT2D eigenvalue weighted by Crippen LogP contribution is 2.12. The van der Waals surface area contributed by atoms with Crippen molar-refractivity contribution in [1.82, 2.24) is 20.0 Å². The zero-order chi connectivity index (χ0) is 19.9. The molecule has 0 aliphatic carbocycles. The van der Waals surface area contributed by atoms with Crippen molar-refractivity contribution >= 4 is 41.5 Å². The minimum Gasteiger partial charge on any atom is -0.352 e. The van der Waals surface area contributed by atoms with Crippen LogP contribution in [0, 0.1) is 10.1 Å². The first kappa shape index (κ1) is 23.3. The molecule has 0 atom stereocenters. The number of benzene rings is 1. The molecule has 10 heteroatoms. The van der Waals surface area contributed by atoms with Gasteiger partial charge >= 0.3 is 0 Å². The number of halogens is 1. The summed E-state index contributed by atoms with van der Waals surface area (Å²) in [7, 11) is 1.75. The van der Waals surface area contributed by atoms with E-state index in [1.807, 2.05) is 4.90 Å². The SMILES string of the molecule is CN=C(NCc1ccc([N+](=O)[O-])cc1)N1CCN(CC(=O)N2CCCC2)CC1.I. The summed E-state index contributed by atoms with van der Waals surface area (Å²) in [5.41, 5.74) is 1.05. The Morgan fingerprint density at radius 3 is 2.24 bits per heavy atom. The molecule has 29 heavy (non-hydrogen) atoms. The van der Waals surface area contributed by atoms with Crippen molar-refractivity contribution in [2.24, 2.45) is 4.99 Å². The summed E-state index contributed by atoms with van der Waals surface area (Å²) in [6.07, 6.45) is 2.24. The summed E-state index contributed by atoms with van der Waals surface area (Å²) in [6.45, 7) is 6.15. The van der Waals surface area contributed by atoms with Crippen LogP contribution in [0.2, 0.25) is 0 Å². The molecule has 2 fully saturated rings. The zero-order valence-electron chi connectivity index (χ0n) is 16.7. The van der Waals surface area contributed by atoms with Gasteiger partial charge in [0.1, 0.15) is 0 Å². The number of aliphatic imine (C=N–C) groups is 1. The van der Waals surface area contributed by atoms with Crippen LogP contribution in [-0.2, 0) is 11.3 Å². The number of hydrogen-bond donors (Lipinski definition) is 1. The molecule has 0 aromatic heterocycles. The summed E-state index contributed by atoms with van der Waals surface area (Å²) in [4.78, 5) is 33.4. The first-order valence-electron chi connectivity index (χ1n) is 9.76. The average molecular weight is 516 g/mol. The van der Waals surface area contributed by atoms with Gasteiger partial charge in [0.05, 0.1) is 11.5 Å². The van der Waals surface area contributed by atoms with Gasteiger partial charge in [0.25, 0.3) is 5.69 Å². The van der Waals surface area contributed by atoms with Crippen LogP contribution in [0.25, 0.3) is 0 Å². The molecule has 160 valence electrons. The van der Waals surface area contributed by atoms with Crippen LogP contribution in [0.15, 0.2) is 29.3 Å². The largest absolute Gasteiger partial charge is 0.352 e. The molecule has 0 spiro atoms. The number of carbonyl (C=O) groups is 1. The van der Waals surface area contributed by atoms with Gasteiger partial charge in [-0.3, -0.25) is 24.8 Å². The first-order chi connectivity index (χ1) is 13.6. The minimum absolute atomic E-state index is 0. The molecule has 2 heterocycles. The average Bonchev–Trinajstić information content (AvgIpc) is 3.25. The summed E-state index contributed by atoms with van der Waals surface area (Å²) < 4.78 is 0. The Labute approximate surface area is 188 Å². The molecule has 1 aromatic carbocycles. The Hall–Kier alpha value is -1.95. The number of guanidine groups is 1. The van der Waals surface area contributed by atoms with Gasteiger partial charge in [-0.25, -0.2) is 0 Å². The van der Waals surface area contributed by atoms with Crippen LogP contribution in [0.1, 0.15) is 18.4 Å². The van der Waals surface area contributed by atoms with Gasteiger partial charge < -0.3 is 15.1 Å². The van der Waals surface area contributed by atoms with Crippen LogP contribution in [-0.4, -0.2) is 84.4 Å². The lowest BCUT2D eigenvalue weighted by Gasteiger charge is -2.36. The summed E-state index contributed by atoms with van der Waals surface area (Å²) >= 11 is 0. The topological polar surface area (TPSA) is 94.3 Å². The molecule has 2 aliphatic heterocycles. The highest BCUT2D eigenvalue weighted by atomic mass is 127. The molecule has 9 nitrogen and oxygen atoms in total. The molecule has 0 unspecified atom stereocenters. The smallest absolute Gasteiger partial charge is 0.269 e. The predicted octanol–water partition coefficient (Wildman–Crippen LogP) is 1.53. The Morgan fingerprint density at radius 2 is 1.69 bits per heavy atom. The van der Waals surface area contributed by atoms with E-state index >= 15 is 0 Å². The Balaban J connectivity index is 0.00000300. The van der Waals surface area contributed by atoms with Gasteiger partial charge in [0.2, 0.25) is 5.91 Å². The van der Waals surface area contributed by atoms with Crippen LogP contribution < -0.4 is 5.32 Å². The second-order valence-electron chi connectivity index (χ2n) is 7.18. The fourth-order valence-electron chi connectivity index (χ4n) is 3.62. The highest BCUT2D eigenvalue weighted by Gasteiger charge is 2.24. The monoisotopic (exact) mass is 516 g/mol. The number of piperazine rings is 1. The number of nitrogens with one attached hydrogen (secondary N) is 1. The zero-order valence-corrected chi connectivity index (χ0v) is 19.1. The number of rotatable bonds is 5. The molecular formula is C19H29IN6O3. The number of carbonyl (C=O) groups excluding carboxylic acids is 1. The fraction of sp³-hybridized carbons (Fsp3) is 0.579. The molecule has 2 aliphatic rings. The third kappa shape index (κ3) is 6.53. The number of non-ortho nitro benzene ring substituents is 1. The lowest BCUT2D eigenvalue weighted by Crippen LogP contribution is -2.54. The van der Waals surface area contributed by atoms with Gasteiger partial charge in [-0.1, -0.05) is 12.1 Å². The van der Waals surface area contributed by atoms with Crippen LogP contribution in [0.3, 0.4) is 0 Å². The Bertz CT molecular complexity index is 713. The Morgan fingerprint density at radius 1 is 1.07 bits per heavy atom. The molecule has 1 N–H and O–H groups in total. The maximum absolute atomic E-state index is 12.3. The summed E-state index contributed by atoms with van der Waals surface area (Å²) in [5, 5.41) is 14.1. The molecule has 2 saturated heterocycles. The van der Waals surface area contributed by atoms with E-state index in [2.05, 4.69) is 20.1 Å². The van der Waals surface area contributed by atoms with E-state index < -0.39 is 4.92 Å². The number of hydrogen-bond acceptors (Lipinski definition) is 5. The van der Waals surface area contributed by atoms with Crippen molar-refractivity contribution in [3.63, 3.8) is 0 Å². The molecule has 1 amide bonds. The molecular weight excluding hydrogens is 487 g/mol. The lowest BCUT2D eigenvalue weighted by atomic mass is 10.2. The molecule has 0 bridgehead atoms. The number of nitrogens with zero attached hydrogens (tertiary/aromatic N) is 5. The van der Waals surface area contributed by atoms with E-state index in [0.29, 0.717) is 13.1 Å². The minimum atomic E-state index is -0.399. The van der Waals surface area contributed by atoms with Crippen molar-refractivity contribution in [3.05, 3.63) is 39.9 Å². The number of nitro groups is 1. The van der Waals surface area contributed by atoms with Gasteiger partial charge in [-0.15, -0.1) is 24.0 Å². The van der Waals surface area contributed by atoms with Crippen LogP contribution in [0.4, 0.5) is 5.69 Å². The predicted molar refractivity (Wildman–Crippen MR) is 123 cm³/mol. The third-order valence-electron chi connectivity index (χ3n) is 5.30. The Kier molecular flexibility index (Phi) is 9.08. The van der Waals surface area contributed by atoms with E-state index in [0.717, 1.165) is 63.6 Å². The fourth-order valence-corrected chi connectivity index (χ4v) is 3.62. The number of nitro benzene ring substituents is 1. The lowest BCUT2D eigenvalue weighted by molar-refractivity contribution is -0.384. The molecule has 3 rings (SSSR count). The normalized spacial score (nSPS) is 17.8.